The minimum atomic E-state index is 0.647. The third kappa shape index (κ3) is 4.77. The summed E-state index contributed by atoms with van der Waals surface area (Å²) in [5.74, 6) is 0.973. The third-order valence-electron chi connectivity index (χ3n) is 3.25. The number of thiophene rings is 1. The number of hydrogen-bond donors (Lipinski definition) is 1. The standard InChI is InChI=1S/C17H23NOS2/c1-4-9-18-11-15-10-14(13(2)21-15)12-19-16-7-5-6-8-17(16)20-3/h5-8,10,18H,4,9,11-12H2,1-3H3. The predicted octanol–water partition coefficient (Wildman–Crippen LogP) is 4.86. The van der Waals surface area contributed by atoms with Gasteiger partial charge in [-0.3, -0.25) is 0 Å². The number of benzene rings is 1. The van der Waals surface area contributed by atoms with Crippen molar-refractivity contribution in [2.24, 2.45) is 0 Å². The van der Waals surface area contributed by atoms with E-state index in [9.17, 15) is 0 Å². The molecule has 0 amide bonds. The zero-order valence-electron chi connectivity index (χ0n) is 12.9. The highest BCUT2D eigenvalue weighted by atomic mass is 32.2. The van der Waals surface area contributed by atoms with Gasteiger partial charge in [0.15, 0.2) is 0 Å². The first-order chi connectivity index (χ1) is 10.2. The summed E-state index contributed by atoms with van der Waals surface area (Å²) in [6.07, 6.45) is 3.25. The van der Waals surface area contributed by atoms with Gasteiger partial charge < -0.3 is 10.1 Å². The summed E-state index contributed by atoms with van der Waals surface area (Å²) in [6.45, 7) is 7.04. The molecule has 0 radical (unpaired) electrons. The van der Waals surface area contributed by atoms with Gasteiger partial charge in [-0.15, -0.1) is 23.1 Å². The van der Waals surface area contributed by atoms with Gasteiger partial charge in [0.1, 0.15) is 12.4 Å². The lowest BCUT2D eigenvalue weighted by molar-refractivity contribution is 0.298. The molecule has 0 aliphatic carbocycles. The molecule has 2 nitrogen and oxygen atoms in total. The fourth-order valence-electron chi connectivity index (χ4n) is 2.10. The molecule has 4 heteroatoms. The highest BCUT2D eigenvalue weighted by Gasteiger charge is 2.08. The van der Waals surface area contributed by atoms with Gasteiger partial charge in [0.2, 0.25) is 0 Å². The number of ether oxygens (including phenoxy) is 1. The number of hydrogen-bond acceptors (Lipinski definition) is 4. The van der Waals surface area contributed by atoms with Crippen LogP contribution in [0.5, 0.6) is 5.75 Å². The Morgan fingerprint density at radius 3 is 2.86 bits per heavy atom. The van der Waals surface area contributed by atoms with Crippen molar-refractivity contribution >= 4 is 23.1 Å². The third-order valence-corrected chi connectivity index (χ3v) is 5.12. The second-order valence-electron chi connectivity index (χ2n) is 4.91. The van der Waals surface area contributed by atoms with Crippen LogP contribution in [-0.2, 0) is 13.2 Å². The molecule has 0 saturated heterocycles. The first kappa shape index (κ1) is 16.4. The van der Waals surface area contributed by atoms with Crippen LogP contribution < -0.4 is 10.1 Å². The molecule has 21 heavy (non-hydrogen) atoms. The zero-order valence-corrected chi connectivity index (χ0v) is 14.6. The average Bonchev–Trinajstić information content (AvgIpc) is 2.86. The molecule has 2 aromatic rings. The molecule has 2 rings (SSSR count). The van der Waals surface area contributed by atoms with E-state index in [-0.39, 0.29) is 0 Å². The van der Waals surface area contributed by atoms with E-state index in [0.29, 0.717) is 6.61 Å². The van der Waals surface area contributed by atoms with Crippen molar-refractivity contribution in [2.45, 2.75) is 38.3 Å². The molecule has 1 aromatic carbocycles. The van der Waals surface area contributed by atoms with Crippen molar-refractivity contribution in [3.8, 4) is 5.75 Å². The van der Waals surface area contributed by atoms with Crippen LogP contribution in [0.1, 0.15) is 28.7 Å². The Kier molecular flexibility index (Phi) is 6.61. The molecule has 0 spiro atoms. The van der Waals surface area contributed by atoms with Crippen LogP contribution in [-0.4, -0.2) is 12.8 Å². The number of para-hydroxylation sites is 1. The van der Waals surface area contributed by atoms with Crippen molar-refractivity contribution < 1.29 is 4.74 Å². The second kappa shape index (κ2) is 8.47. The van der Waals surface area contributed by atoms with E-state index in [1.165, 1.54) is 26.6 Å². The average molecular weight is 322 g/mol. The van der Waals surface area contributed by atoms with Gasteiger partial charge in [0.25, 0.3) is 0 Å². The number of nitrogens with one attached hydrogen (secondary N) is 1. The van der Waals surface area contributed by atoms with Gasteiger partial charge in [0.05, 0.1) is 0 Å². The van der Waals surface area contributed by atoms with Gasteiger partial charge in [-0.25, -0.2) is 0 Å². The molecule has 1 N–H and O–H groups in total. The Morgan fingerprint density at radius 2 is 2.10 bits per heavy atom. The maximum atomic E-state index is 6.00. The lowest BCUT2D eigenvalue weighted by atomic mass is 10.2. The number of rotatable bonds is 8. The van der Waals surface area contributed by atoms with Crippen LogP contribution in [0.25, 0.3) is 0 Å². The van der Waals surface area contributed by atoms with E-state index in [1.807, 2.05) is 29.5 Å². The molecular formula is C17H23NOS2. The van der Waals surface area contributed by atoms with E-state index in [1.54, 1.807) is 11.8 Å². The molecule has 0 bridgehead atoms. The first-order valence-corrected chi connectivity index (χ1v) is 9.33. The van der Waals surface area contributed by atoms with E-state index in [4.69, 9.17) is 4.74 Å². The minimum Gasteiger partial charge on any atom is -0.488 e. The molecule has 0 aliphatic rings. The summed E-state index contributed by atoms with van der Waals surface area (Å²) >= 11 is 3.58. The van der Waals surface area contributed by atoms with Crippen LogP contribution in [0.4, 0.5) is 0 Å². The molecular weight excluding hydrogens is 298 g/mol. The maximum Gasteiger partial charge on any atom is 0.133 e. The number of thioether (sulfide) groups is 1. The summed E-state index contributed by atoms with van der Waals surface area (Å²) in [5.41, 5.74) is 1.30. The molecule has 0 atom stereocenters. The van der Waals surface area contributed by atoms with E-state index < -0.39 is 0 Å². The fourth-order valence-corrected chi connectivity index (χ4v) is 3.66. The highest BCUT2D eigenvalue weighted by Crippen LogP contribution is 2.29. The van der Waals surface area contributed by atoms with Crippen molar-refractivity contribution in [1.82, 2.24) is 5.32 Å². The monoisotopic (exact) mass is 321 g/mol. The second-order valence-corrected chi connectivity index (χ2v) is 7.10. The molecule has 114 valence electrons. The molecule has 0 unspecified atom stereocenters. The zero-order chi connectivity index (χ0) is 15.1. The normalized spacial score (nSPS) is 10.8. The van der Waals surface area contributed by atoms with Crippen molar-refractivity contribution in [3.05, 3.63) is 45.6 Å². The lowest BCUT2D eigenvalue weighted by Gasteiger charge is -2.09. The molecule has 1 heterocycles. The summed E-state index contributed by atoms with van der Waals surface area (Å²) in [4.78, 5) is 3.93. The Balaban J connectivity index is 1.96. The Hall–Kier alpha value is -0.970. The summed E-state index contributed by atoms with van der Waals surface area (Å²) in [6, 6.07) is 10.5. The SMILES string of the molecule is CCCNCc1cc(COc2ccccc2SC)c(C)s1. The molecule has 1 aromatic heterocycles. The smallest absolute Gasteiger partial charge is 0.133 e. The van der Waals surface area contributed by atoms with Crippen LogP contribution >= 0.6 is 23.1 Å². The minimum absolute atomic E-state index is 0.647. The van der Waals surface area contributed by atoms with Gasteiger partial charge in [0, 0.05) is 26.8 Å². The topological polar surface area (TPSA) is 21.3 Å². The van der Waals surface area contributed by atoms with Crippen molar-refractivity contribution in [3.63, 3.8) is 0 Å². The molecule has 0 saturated carbocycles. The summed E-state index contributed by atoms with van der Waals surface area (Å²) in [7, 11) is 0. The van der Waals surface area contributed by atoms with Crippen LogP contribution in [0.15, 0.2) is 35.2 Å². The van der Waals surface area contributed by atoms with Crippen LogP contribution in [0.2, 0.25) is 0 Å². The lowest BCUT2D eigenvalue weighted by Crippen LogP contribution is -2.12. The van der Waals surface area contributed by atoms with Crippen molar-refractivity contribution in [1.29, 1.82) is 0 Å². The van der Waals surface area contributed by atoms with Gasteiger partial charge in [-0.2, -0.15) is 0 Å². The van der Waals surface area contributed by atoms with Gasteiger partial charge >= 0.3 is 0 Å². The fraction of sp³-hybridized carbons (Fsp3) is 0.412. The summed E-state index contributed by atoms with van der Waals surface area (Å²) < 4.78 is 6.00. The number of aryl methyl sites for hydroxylation is 1. The van der Waals surface area contributed by atoms with E-state index in [2.05, 4.69) is 37.6 Å². The van der Waals surface area contributed by atoms with Gasteiger partial charge in [-0.05, 0) is 44.3 Å². The Bertz CT molecular complexity index is 566. The Morgan fingerprint density at radius 1 is 1.29 bits per heavy atom. The molecule has 0 aliphatic heterocycles. The van der Waals surface area contributed by atoms with Gasteiger partial charge in [-0.1, -0.05) is 19.1 Å². The van der Waals surface area contributed by atoms with E-state index >= 15 is 0 Å². The van der Waals surface area contributed by atoms with Crippen molar-refractivity contribution in [2.75, 3.05) is 12.8 Å². The van der Waals surface area contributed by atoms with Crippen LogP contribution in [0.3, 0.4) is 0 Å². The molecule has 0 fully saturated rings. The predicted molar refractivity (Wildman–Crippen MR) is 93.6 cm³/mol. The largest absolute Gasteiger partial charge is 0.488 e. The van der Waals surface area contributed by atoms with Crippen LogP contribution in [0, 0.1) is 6.92 Å². The Labute approximate surface area is 135 Å². The quantitative estimate of drug-likeness (QED) is 0.554. The highest BCUT2D eigenvalue weighted by molar-refractivity contribution is 7.98. The first-order valence-electron chi connectivity index (χ1n) is 7.29. The maximum absolute atomic E-state index is 6.00. The van der Waals surface area contributed by atoms with E-state index in [0.717, 1.165) is 18.8 Å². The summed E-state index contributed by atoms with van der Waals surface area (Å²) in [5, 5.41) is 3.45.